The molecule has 0 aliphatic rings. The van der Waals surface area contributed by atoms with Crippen molar-refractivity contribution in [2.24, 2.45) is 5.73 Å². The Morgan fingerprint density at radius 2 is 1.75 bits per heavy atom. The molecule has 0 aromatic heterocycles. The summed E-state index contributed by atoms with van der Waals surface area (Å²) in [6.07, 6.45) is 0. The normalized spacial score (nSPS) is 9.85. The predicted octanol–water partition coefficient (Wildman–Crippen LogP) is 2.92. The van der Waals surface area contributed by atoms with E-state index < -0.39 is 0 Å². The predicted molar refractivity (Wildman–Crippen MR) is 81.3 cm³/mol. The number of urea groups is 1. The molecule has 5 nitrogen and oxygen atoms in total. The van der Waals surface area contributed by atoms with Crippen LogP contribution in [-0.2, 0) is 0 Å². The zero-order chi connectivity index (χ0) is 14.5. The Balaban J connectivity index is 2.16. The number of carbonyl (C=O) groups excluding carboxylic acids is 1. The molecule has 0 saturated carbocycles. The van der Waals surface area contributed by atoms with Gasteiger partial charge in [-0.15, -0.1) is 0 Å². The first-order valence-electron chi connectivity index (χ1n) is 6.15. The zero-order valence-electron chi connectivity index (χ0n) is 11.1. The van der Waals surface area contributed by atoms with Crippen molar-refractivity contribution in [1.29, 1.82) is 5.41 Å². The number of hydrogen-bond donors (Lipinski definition) is 4. The van der Waals surface area contributed by atoms with Gasteiger partial charge in [0.25, 0.3) is 0 Å². The van der Waals surface area contributed by atoms with Gasteiger partial charge >= 0.3 is 6.03 Å². The number of carbonyl (C=O) groups is 1. The molecule has 0 unspecified atom stereocenters. The minimum atomic E-state index is -0.371. The molecular formula is C15H16N4O. The van der Waals surface area contributed by atoms with E-state index in [2.05, 4.69) is 10.6 Å². The van der Waals surface area contributed by atoms with Crippen LogP contribution in [0.5, 0.6) is 0 Å². The molecule has 5 heteroatoms. The highest BCUT2D eigenvalue weighted by Crippen LogP contribution is 2.19. The van der Waals surface area contributed by atoms with Gasteiger partial charge in [0.15, 0.2) is 0 Å². The quantitative estimate of drug-likeness (QED) is 0.509. The summed E-state index contributed by atoms with van der Waals surface area (Å²) in [6.45, 7) is 1.84. The van der Waals surface area contributed by atoms with Crippen molar-refractivity contribution < 1.29 is 4.79 Å². The van der Waals surface area contributed by atoms with Gasteiger partial charge in [-0.3, -0.25) is 5.41 Å². The molecule has 0 fully saturated rings. The summed E-state index contributed by atoms with van der Waals surface area (Å²) >= 11 is 0. The molecule has 0 radical (unpaired) electrons. The van der Waals surface area contributed by atoms with E-state index in [1.807, 2.05) is 31.2 Å². The van der Waals surface area contributed by atoms with E-state index in [0.717, 1.165) is 5.56 Å². The maximum atomic E-state index is 11.9. The molecule has 20 heavy (non-hydrogen) atoms. The fourth-order valence-electron chi connectivity index (χ4n) is 1.94. The molecule has 2 rings (SSSR count). The monoisotopic (exact) mass is 268 g/mol. The summed E-state index contributed by atoms with van der Waals surface area (Å²) in [5.41, 5.74) is 8.15. The lowest BCUT2D eigenvalue weighted by atomic mass is 10.1. The lowest BCUT2D eigenvalue weighted by Gasteiger charge is -2.13. The number of benzene rings is 2. The molecule has 0 bridgehead atoms. The lowest BCUT2D eigenvalue weighted by molar-refractivity contribution is 0.262. The van der Waals surface area contributed by atoms with E-state index >= 15 is 0 Å². The maximum Gasteiger partial charge on any atom is 0.323 e. The van der Waals surface area contributed by atoms with Gasteiger partial charge in [0.1, 0.15) is 5.84 Å². The Morgan fingerprint density at radius 1 is 1.05 bits per heavy atom. The average Bonchev–Trinajstić information content (AvgIpc) is 2.39. The number of nitrogens with two attached hydrogens (primary N) is 1. The third-order valence-corrected chi connectivity index (χ3v) is 2.82. The van der Waals surface area contributed by atoms with Crippen LogP contribution < -0.4 is 16.4 Å². The van der Waals surface area contributed by atoms with Crippen molar-refractivity contribution in [3.05, 3.63) is 59.7 Å². The number of rotatable bonds is 3. The van der Waals surface area contributed by atoms with Gasteiger partial charge in [-0.25, -0.2) is 4.79 Å². The molecule has 5 N–H and O–H groups in total. The standard InChI is InChI=1S/C15H16N4O/c1-10-6-5-9-12(13(10)14(16)17)19-15(20)18-11-7-3-2-4-8-11/h2-9H,1H3,(H3,16,17)(H2,18,19,20). The molecular weight excluding hydrogens is 252 g/mol. The molecule has 0 aliphatic heterocycles. The van der Waals surface area contributed by atoms with E-state index in [-0.39, 0.29) is 11.9 Å². The Kier molecular flexibility index (Phi) is 4.00. The summed E-state index contributed by atoms with van der Waals surface area (Å²) < 4.78 is 0. The molecule has 102 valence electrons. The smallest absolute Gasteiger partial charge is 0.323 e. The first-order valence-corrected chi connectivity index (χ1v) is 6.15. The largest absolute Gasteiger partial charge is 0.384 e. The summed E-state index contributed by atoms with van der Waals surface area (Å²) in [6, 6.07) is 14.1. The number of para-hydroxylation sites is 1. The van der Waals surface area contributed by atoms with Crippen molar-refractivity contribution in [3.8, 4) is 0 Å². The first kappa shape index (κ1) is 13.6. The molecule has 2 amide bonds. The van der Waals surface area contributed by atoms with Gasteiger partial charge < -0.3 is 16.4 Å². The van der Waals surface area contributed by atoms with Crippen molar-refractivity contribution in [2.45, 2.75) is 6.92 Å². The number of nitrogen functional groups attached to an aromatic ring is 1. The second kappa shape index (κ2) is 5.88. The fraction of sp³-hybridized carbons (Fsp3) is 0.0667. The highest BCUT2D eigenvalue weighted by molar-refractivity contribution is 6.07. The minimum absolute atomic E-state index is 0.0712. The second-order valence-corrected chi connectivity index (χ2v) is 4.36. The topological polar surface area (TPSA) is 91.0 Å². The first-order chi connectivity index (χ1) is 9.58. The van der Waals surface area contributed by atoms with Gasteiger partial charge in [-0.05, 0) is 30.7 Å². The van der Waals surface area contributed by atoms with E-state index in [4.69, 9.17) is 11.1 Å². The molecule has 0 aliphatic carbocycles. The third-order valence-electron chi connectivity index (χ3n) is 2.82. The van der Waals surface area contributed by atoms with Crippen molar-refractivity contribution in [1.82, 2.24) is 0 Å². The number of amidine groups is 1. The van der Waals surface area contributed by atoms with Crippen LogP contribution in [0, 0.1) is 12.3 Å². The maximum absolute atomic E-state index is 11.9. The van der Waals surface area contributed by atoms with Crippen LogP contribution in [0.4, 0.5) is 16.2 Å². The van der Waals surface area contributed by atoms with Crippen LogP contribution in [0.15, 0.2) is 48.5 Å². The van der Waals surface area contributed by atoms with Gasteiger partial charge in [0.2, 0.25) is 0 Å². The number of nitrogens with one attached hydrogen (secondary N) is 3. The average molecular weight is 268 g/mol. The minimum Gasteiger partial charge on any atom is -0.384 e. The summed E-state index contributed by atoms with van der Waals surface area (Å²) in [5.74, 6) is -0.0712. The van der Waals surface area contributed by atoms with Gasteiger partial charge in [0.05, 0.1) is 5.69 Å². The summed E-state index contributed by atoms with van der Waals surface area (Å²) in [7, 11) is 0. The van der Waals surface area contributed by atoms with Crippen molar-refractivity contribution >= 4 is 23.2 Å². The molecule has 0 atom stereocenters. The molecule has 0 saturated heterocycles. The Morgan fingerprint density at radius 3 is 2.40 bits per heavy atom. The van der Waals surface area contributed by atoms with Crippen LogP contribution >= 0.6 is 0 Å². The van der Waals surface area contributed by atoms with Gasteiger partial charge in [0, 0.05) is 11.3 Å². The number of anilines is 2. The summed E-state index contributed by atoms with van der Waals surface area (Å²) in [4.78, 5) is 11.9. The molecule has 0 spiro atoms. The van der Waals surface area contributed by atoms with E-state index in [1.165, 1.54) is 0 Å². The van der Waals surface area contributed by atoms with E-state index in [9.17, 15) is 4.79 Å². The van der Waals surface area contributed by atoms with Gasteiger partial charge in [-0.2, -0.15) is 0 Å². The van der Waals surface area contributed by atoms with E-state index in [0.29, 0.717) is 16.9 Å². The zero-order valence-corrected chi connectivity index (χ0v) is 11.1. The number of amides is 2. The number of aryl methyl sites for hydroxylation is 1. The van der Waals surface area contributed by atoms with Crippen LogP contribution in [0.3, 0.4) is 0 Å². The Labute approximate surface area is 117 Å². The SMILES string of the molecule is Cc1cccc(NC(=O)Nc2ccccc2)c1C(=N)N. The highest BCUT2D eigenvalue weighted by atomic mass is 16.2. The molecule has 2 aromatic carbocycles. The van der Waals surface area contributed by atoms with Crippen LogP contribution in [0.2, 0.25) is 0 Å². The lowest BCUT2D eigenvalue weighted by Crippen LogP contribution is -2.23. The number of hydrogen-bond acceptors (Lipinski definition) is 2. The Hall–Kier alpha value is -2.82. The van der Waals surface area contributed by atoms with Crippen LogP contribution in [0.25, 0.3) is 0 Å². The third kappa shape index (κ3) is 3.14. The molecule has 2 aromatic rings. The van der Waals surface area contributed by atoms with Gasteiger partial charge in [-0.1, -0.05) is 30.3 Å². The fourth-order valence-corrected chi connectivity index (χ4v) is 1.94. The highest BCUT2D eigenvalue weighted by Gasteiger charge is 2.11. The van der Waals surface area contributed by atoms with Crippen LogP contribution in [-0.4, -0.2) is 11.9 Å². The Bertz CT molecular complexity index is 638. The molecule has 0 heterocycles. The van der Waals surface area contributed by atoms with Crippen LogP contribution in [0.1, 0.15) is 11.1 Å². The van der Waals surface area contributed by atoms with Crippen molar-refractivity contribution in [2.75, 3.05) is 10.6 Å². The van der Waals surface area contributed by atoms with E-state index in [1.54, 1.807) is 24.3 Å². The van der Waals surface area contributed by atoms with Crippen molar-refractivity contribution in [3.63, 3.8) is 0 Å². The summed E-state index contributed by atoms with van der Waals surface area (Å²) in [5, 5.41) is 13.0. The second-order valence-electron chi connectivity index (χ2n) is 4.36.